The Bertz CT molecular complexity index is 301. The van der Waals surface area contributed by atoms with Crippen LogP contribution in [0.3, 0.4) is 0 Å². The number of amides is 2. The average molecular weight is 276 g/mol. The summed E-state index contributed by atoms with van der Waals surface area (Å²) in [6.45, 7) is 1.14. The first-order valence-electron chi connectivity index (χ1n) is 5.88. The Morgan fingerprint density at radius 3 is 2.83 bits per heavy atom. The lowest BCUT2D eigenvalue weighted by Gasteiger charge is -2.20. The zero-order valence-electron chi connectivity index (χ0n) is 10.7. The first-order chi connectivity index (χ1) is 8.58. The van der Waals surface area contributed by atoms with Crippen molar-refractivity contribution in [3.05, 3.63) is 0 Å². The van der Waals surface area contributed by atoms with E-state index in [4.69, 9.17) is 9.84 Å². The second-order valence-electron chi connectivity index (χ2n) is 4.21. The van der Waals surface area contributed by atoms with E-state index in [1.165, 1.54) is 0 Å². The maximum atomic E-state index is 11.9. The number of aliphatic carboxylic acids is 1. The monoisotopic (exact) mass is 276 g/mol. The highest BCUT2D eigenvalue weighted by Gasteiger charge is 2.28. The minimum atomic E-state index is -0.986. The number of carbonyl (C=O) groups excluding carboxylic acids is 1. The van der Waals surface area contributed by atoms with Crippen LogP contribution in [-0.2, 0) is 9.53 Å². The number of thioether (sulfide) groups is 1. The molecule has 1 rings (SSSR count). The van der Waals surface area contributed by atoms with E-state index in [1.807, 2.05) is 6.26 Å². The standard InChI is InChI=1S/C11H20N2O4S/c1-17-8-3-5-13(7-8)11(16)12-9(10(14)15)4-6-18-2/h8-9H,3-7H2,1-2H3,(H,12,16)(H,14,15)/t8?,9-/m0/s1. The molecule has 0 aromatic heterocycles. The molecule has 104 valence electrons. The highest BCUT2D eigenvalue weighted by atomic mass is 32.2. The molecule has 1 saturated heterocycles. The molecule has 0 bridgehead atoms. The van der Waals surface area contributed by atoms with Gasteiger partial charge in [0.25, 0.3) is 0 Å². The molecule has 6 nitrogen and oxygen atoms in total. The SMILES string of the molecule is COC1CCN(C(=O)N[C@@H](CCSC)C(=O)O)C1. The highest BCUT2D eigenvalue weighted by Crippen LogP contribution is 2.12. The third kappa shape index (κ3) is 4.38. The smallest absolute Gasteiger partial charge is 0.326 e. The van der Waals surface area contributed by atoms with Crippen molar-refractivity contribution in [3.8, 4) is 0 Å². The van der Waals surface area contributed by atoms with Crippen molar-refractivity contribution in [1.82, 2.24) is 10.2 Å². The Hall–Kier alpha value is -0.950. The third-order valence-electron chi connectivity index (χ3n) is 2.97. The fourth-order valence-electron chi connectivity index (χ4n) is 1.84. The summed E-state index contributed by atoms with van der Waals surface area (Å²) in [4.78, 5) is 24.5. The quantitative estimate of drug-likeness (QED) is 0.743. The van der Waals surface area contributed by atoms with Crippen molar-refractivity contribution in [2.45, 2.75) is 25.0 Å². The van der Waals surface area contributed by atoms with Gasteiger partial charge in [-0.05, 0) is 24.9 Å². The number of carboxylic acid groups (broad SMARTS) is 1. The number of carboxylic acids is 1. The Labute approximate surface area is 111 Å². The molecular weight excluding hydrogens is 256 g/mol. The predicted octanol–water partition coefficient (Wildman–Crippen LogP) is 0.623. The van der Waals surface area contributed by atoms with Crippen molar-refractivity contribution in [2.24, 2.45) is 0 Å². The molecule has 2 amide bonds. The Balaban J connectivity index is 2.43. The number of ether oxygens (including phenoxy) is 1. The number of methoxy groups -OCH3 is 1. The van der Waals surface area contributed by atoms with Crippen LogP contribution in [-0.4, -0.2) is 66.4 Å². The first kappa shape index (κ1) is 15.1. The molecule has 1 aliphatic heterocycles. The van der Waals surface area contributed by atoms with E-state index in [2.05, 4.69) is 5.32 Å². The van der Waals surface area contributed by atoms with Crippen LogP contribution in [0.15, 0.2) is 0 Å². The van der Waals surface area contributed by atoms with Gasteiger partial charge in [0.05, 0.1) is 6.10 Å². The van der Waals surface area contributed by atoms with Gasteiger partial charge in [-0.2, -0.15) is 11.8 Å². The van der Waals surface area contributed by atoms with Gasteiger partial charge < -0.3 is 20.1 Å². The van der Waals surface area contributed by atoms with Crippen molar-refractivity contribution >= 4 is 23.8 Å². The Morgan fingerprint density at radius 1 is 1.61 bits per heavy atom. The number of nitrogens with one attached hydrogen (secondary N) is 1. The van der Waals surface area contributed by atoms with Crippen LogP contribution >= 0.6 is 11.8 Å². The van der Waals surface area contributed by atoms with Crippen molar-refractivity contribution in [3.63, 3.8) is 0 Å². The van der Waals surface area contributed by atoms with E-state index < -0.39 is 12.0 Å². The molecule has 1 unspecified atom stereocenters. The summed E-state index contributed by atoms with van der Waals surface area (Å²) in [5.74, 6) is -0.280. The largest absolute Gasteiger partial charge is 0.480 e. The lowest BCUT2D eigenvalue weighted by molar-refractivity contribution is -0.139. The van der Waals surface area contributed by atoms with Gasteiger partial charge in [0.2, 0.25) is 0 Å². The average Bonchev–Trinajstić information content (AvgIpc) is 2.82. The third-order valence-corrected chi connectivity index (χ3v) is 3.62. The Morgan fingerprint density at radius 2 is 2.33 bits per heavy atom. The summed E-state index contributed by atoms with van der Waals surface area (Å²) in [5.41, 5.74) is 0. The molecule has 7 heteroatoms. The van der Waals surface area contributed by atoms with Gasteiger partial charge in [0, 0.05) is 20.2 Å². The van der Waals surface area contributed by atoms with Gasteiger partial charge in [0.15, 0.2) is 0 Å². The summed E-state index contributed by atoms with van der Waals surface area (Å²) in [7, 11) is 1.62. The maximum absolute atomic E-state index is 11.9. The van der Waals surface area contributed by atoms with Crippen LogP contribution in [0.5, 0.6) is 0 Å². The highest BCUT2D eigenvalue weighted by molar-refractivity contribution is 7.98. The van der Waals surface area contributed by atoms with E-state index in [0.717, 1.165) is 6.42 Å². The fourth-order valence-corrected chi connectivity index (χ4v) is 2.31. The molecule has 1 fully saturated rings. The van der Waals surface area contributed by atoms with E-state index in [1.54, 1.807) is 23.8 Å². The fraction of sp³-hybridized carbons (Fsp3) is 0.818. The minimum Gasteiger partial charge on any atom is -0.480 e. The summed E-state index contributed by atoms with van der Waals surface area (Å²) in [5, 5.41) is 11.6. The molecule has 2 atom stereocenters. The van der Waals surface area contributed by atoms with E-state index in [9.17, 15) is 9.59 Å². The molecule has 0 spiro atoms. The van der Waals surface area contributed by atoms with Gasteiger partial charge in [-0.25, -0.2) is 9.59 Å². The lowest BCUT2D eigenvalue weighted by Crippen LogP contribution is -2.47. The molecular formula is C11H20N2O4S. The maximum Gasteiger partial charge on any atom is 0.326 e. The van der Waals surface area contributed by atoms with Crippen LogP contribution in [0.2, 0.25) is 0 Å². The molecule has 0 aromatic rings. The molecule has 0 aromatic carbocycles. The number of nitrogens with zero attached hydrogens (tertiary/aromatic N) is 1. The van der Waals surface area contributed by atoms with Crippen LogP contribution in [0, 0.1) is 0 Å². The molecule has 1 heterocycles. The predicted molar refractivity (Wildman–Crippen MR) is 69.9 cm³/mol. The van der Waals surface area contributed by atoms with Crippen molar-refractivity contribution < 1.29 is 19.4 Å². The minimum absolute atomic E-state index is 0.0604. The van der Waals surface area contributed by atoms with Crippen LogP contribution < -0.4 is 5.32 Å². The normalized spacial score (nSPS) is 20.8. The second kappa shape index (κ2) is 7.48. The molecule has 0 saturated carbocycles. The molecule has 0 radical (unpaired) electrons. The lowest BCUT2D eigenvalue weighted by atomic mass is 10.2. The van der Waals surface area contributed by atoms with E-state index >= 15 is 0 Å². The summed E-state index contributed by atoms with van der Waals surface area (Å²) >= 11 is 1.56. The number of hydrogen-bond donors (Lipinski definition) is 2. The summed E-state index contributed by atoms with van der Waals surface area (Å²) in [6, 6.07) is -1.13. The van der Waals surface area contributed by atoms with Crippen LogP contribution in [0.1, 0.15) is 12.8 Å². The molecule has 18 heavy (non-hydrogen) atoms. The zero-order valence-corrected chi connectivity index (χ0v) is 11.5. The first-order valence-corrected chi connectivity index (χ1v) is 7.27. The van der Waals surface area contributed by atoms with Crippen molar-refractivity contribution in [2.75, 3.05) is 32.2 Å². The Kier molecular flexibility index (Phi) is 6.28. The van der Waals surface area contributed by atoms with Gasteiger partial charge in [-0.1, -0.05) is 0 Å². The number of hydrogen-bond acceptors (Lipinski definition) is 4. The second-order valence-corrected chi connectivity index (χ2v) is 5.20. The number of carbonyl (C=O) groups is 2. The summed E-state index contributed by atoms with van der Waals surface area (Å²) in [6.07, 6.45) is 3.20. The molecule has 0 aliphatic carbocycles. The molecule has 1 aliphatic rings. The summed E-state index contributed by atoms with van der Waals surface area (Å²) < 4.78 is 5.17. The topological polar surface area (TPSA) is 78.9 Å². The number of rotatable bonds is 6. The number of likely N-dealkylation sites (tertiary alicyclic amines) is 1. The molecule has 2 N–H and O–H groups in total. The van der Waals surface area contributed by atoms with Gasteiger partial charge in [-0.3, -0.25) is 0 Å². The van der Waals surface area contributed by atoms with Crippen LogP contribution in [0.4, 0.5) is 4.79 Å². The number of urea groups is 1. The van der Waals surface area contributed by atoms with E-state index in [-0.39, 0.29) is 12.1 Å². The van der Waals surface area contributed by atoms with Gasteiger partial charge in [0.1, 0.15) is 6.04 Å². The van der Waals surface area contributed by atoms with Gasteiger partial charge in [-0.15, -0.1) is 0 Å². The zero-order chi connectivity index (χ0) is 13.5. The van der Waals surface area contributed by atoms with Crippen LogP contribution in [0.25, 0.3) is 0 Å². The van der Waals surface area contributed by atoms with Crippen molar-refractivity contribution in [1.29, 1.82) is 0 Å². The van der Waals surface area contributed by atoms with E-state index in [0.29, 0.717) is 25.3 Å². The van der Waals surface area contributed by atoms with Gasteiger partial charge >= 0.3 is 12.0 Å².